The van der Waals surface area contributed by atoms with Crippen LogP contribution in [0.2, 0.25) is 0 Å². The second-order valence-electron chi connectivity index (χ2n) is 7.02. The quantitative estimate of drug-likeness (QED) is 0.583. The van der Waals surface area contributed by atoms with E-state index in [4.69, 9.17) is 0 Å². The smallest absolute Gasteiger partial charge is 0.284 e. The third-order valence-electron chi connectivity index (χ3n) is 4.90. The summed E-state index contributed by atoms with van der Waals surface area (Å²) >= 11 is 1.24. The predicted molar refractivity (Wildman–Crippen MR) is 105 cm³/mol. The van der Waals surface area contributed by atoms with Gasteiger partial charge in [0.15, 0.2) is 5.69 Å². The number of aromatic nitrogens is 4. The standard InChI is InChI=1S/C18H20F2N6O2S/c1-26-7-11(15(25-26)16(19)20)23-17(28)9-8-29-18-14(9)24-13(6-21-18)22-10-4-2-3-5-12(10)27/h6-8,10,12,16,27H,2-5H2,1H3,(H,22,24)(H,23,28)/t10-,12+/m1/s1. The molecule has 0 bridgehead atoms. The summed E-state index contributed by atoms with van der Waals surface area (Å²) < 4.78 is 27.5. The number of rotatable bonds is 5. The molecule has 2 atom stereocenters. The van der Waals surface area contributed by atoms with Gasteiger partial charge in [-0.05, 0) is 12.8 Å². The molecule has 8 nitrogen and oxygen atoms in total. The van der Waals surface area contributed by atoms with Crippen LogP contribution in [0.1, 0.15) is 48.2 Å². The molecular weight excluding hydrogens is 402 g/mol. The Balaban J connectivity index is 1.58. The van der Waals surface area contributed by atoms with E-state index < -0.39 is 24.1 Å². The van der Waals surface area contributed by atoms with Crippen LogP contribution in [0.3, 0.4) is 0 Å². The zero-order chi connectivity index (χ0) is 20.5. The van der Waals surface area contributed by atoms with Gasteiger partial charge in [0.2, 0.25) is 0 Å². The minimum atomic E-state index is -2.80. The van der Waals surface area contributed by atoms with Crippen molar-refractivity contribution in [2.24, 2.45) is 7.05 Å². The average Bonchev–Trinajstić information content (AvgIpc) is 3.26. The Morgan fingerprint density at radius 2 is 2.17 bits per heavy atom. The number of alkyl halides is 2. The number of hydrogen-bond donors (Lipinski definition) is 3. The van der Waals surface area contributed by atoms with E-state index in [-0.39, 0.29) is 17.3 Å². The molecule has 0 spiro atoms. The summed E-state index contributed by atoms with van der Waals surface area (Å²) in [6.45, 7) is 0. The number of aliphatic hydroxyl groups is 1. The number of amides is 1. The number of hydrogen-bond acceptors (Lipinski definition) is 7. The van der Waals surface area contributed by atoms with Crippen molar-refractivity contribution < 1.29 is 18.7 Å². The lowest BCUT2D eigenvalue weighted by atomic mass is 9.93. The molecule has 11 heteroatoms. The Hall–Kier alpha value is -2.66. The first-order valence-corrected chi connectivity index (χ1v) is 10.1. The van der Waals surface area contributed by atoms with E-state index in [1.54, 1.807) is 11.6 Å². The zero-order valence-corrected chi connectivity index (χ0v) is 16.4. The molecule has 0 radical (unpaired) electrons. The highest BCUT2D eigenvalue weighted by Gasteiger charge is 2.24. The molecule has 4 rings (SSSR count). The first-order valence-electron chi connectivity index (χ1n) is 9.24. The van der Waals surface area contributed by atoms with Gasteiger partial charge in [0.1, 0.15) is 16.2 Å². The van der Waals surface area contributed by atoms with Crippen molar-refractivity contribution >= 4 is 39.1 Å². The van der Waals surface area contributed by atoms with Gasteiger partial charge in [0, 0.05) is 18.6 Å². The molecule has 0 aromatic carbocycles. The van der Waals surface area contributed by atoms with E-state index in [1.807, 2.05) is 0 Å². The molecule has 0 unspecified atom stereocenters. The highest BCUT2D eigenvalue weighted by atomic mass is 32.1. The number of aliphatic hydroxyl groups excluding tert-OH is 1. The molecule has 1 aliphatic carbocycles. The lowest BCUT2D eigenvalue weighted by molar-refractivity contribution is 0.102. The van der Waals surface area contributed by atoms with Crippen LogP contribution >= 0.6 is 11.3 Å². The van der Waals surface area contributed by atoms with Crippen LogP contribution in [0, 0.1) is 0 Å². The molecule has 1 amide bonds. The first kappa shape index (κ1) is 19.6. The maximum Gasteiger partial charge on any atom is 0.284 e. The van der Waals surface area contributed by atoms with Crippen LogP contribution in [0.4, 0.5) is 20.3 Å². The highest BCUT2D eigenvalue weighted by molar-refractivity contribution is 7.17. The molecule has 29 heavy (non-hydrogen) atoms. The molecule has 0 saturated heterocycles. The Kier molecular flexibility index (Phi) is 5.41. The van der Waals surface area contributed by atoms with Gasteiger partial charge in [-0.2, -0.15) is 5.10 Å². The van der Waals surface area contributed by atoms with Gasteiger partial charge in [0.25, 0.3) is 12.3 Å². The lowest BCUT2D eigenvalue weighted by Crippen LogP contribution is -2.36. The van der Waals surface area contributed by atoms with Gasteiger partial charge >= 0.3 is 0 Å². The van der Waals surface area contributed by atoms with Crippen LogP contribution in [-0.2, 0) is 7.05 Å². The Morgan fingerprint density at radius 1 is 1.38 bits per heavy atom. The Labute approximate surface area is 169 Å². The first-order chi connectivity index (χ1) is 13.9. The van der Waals surface area contributed by atoms with Crippen molar-refractivity contribution in [2.75, 3.05) is 10.6 Å². The third kappa shape index (κ3) is 4.06. The van der Waals surface area contributed by atoms with Gasteiger partial charge in [-0.3, -0.25) is 9.48 Å². The number of halogens is 2. The predicted octanol–water partition coefficient (Wildman–Crippen LogP) is 3.33. The van der Waals surface area contributed by atoms with Gasteiger partial charge in [0.05, 0.1) is 29.6 Å². The minimum Gasteiger partial charge on any atom is -0.391 e. The fourth-order valence-corrected chi connectivity index (χ4v) is 4.29. The fraction of sp³-hybridized carbons (Fsp3) is 0.444. The number of fused-ring (bicyclic) bond motifs is 1. The molecule has 3 aromatic heterocycles. The maximum absolute atomic E-state index is 13.1. The van der Waals surface area contributed by atoms with E-state index in [0.717, 1.165) is 25.7 Å². The molecule has 1 aliphatic rings. The molecule has 3 N–H and O–H groups in total. The second-order valence-corrected chi connectivity index (χ2v) is 7.88. The lowest BCUT2D eigenvalue weighted by Gasteiger charge is -2.28. The minimum absolute atomic E-state index is 0.0422. The largest absolute Gasteiger partial charge is 0.391 e. The van der Waals surface area contributed by atoms with E-state index >= 15 is 0 Å². The van der Waals surface area contributed by atoms with E-state index in [9.17, 15) is 18.7 Å². The molecule has 1 saturated carbocycles. The molecule has 154 valence electrons. The van der Waals surface area contributed by atoms with E-state index in [1.165, 1.54) is 29.3 Å². The fourth-order valence-electron chi connectivity index (χ4n) is 3.46. The number of carbonyl (C=O) groups excluding carboxylic acids is 1. The topological polar surface area (TPSA) is 105 Å². The summed E-state index contributed by atoms with van der Waals surface area (Å²) in [7, 11) is 1.50. The Bertz CT molecular complexity index is 1040. The molecule has 3 aromatic rings. The summed E-state index contributed by atoms with van der Waals surface area (Å²) in [6, 6.07) is -0.115. The number of nitrogens with zero attached hydrogens (tertiary/aromatic N) is 4. The summed E-state index contributed by atoms with van der Waals surface area (Å²) in [5.41, 5.74) is 0.0965. The summed E-state index contributed by atoms with van der Waals surface area (Å²) in [6.07, 6.45) is 3.22. The van der Waals surface area contributed by atoms with Crippen LogP contribution in [0.15, 0.2) is 17.8 Å². The number of carbonyl (C=O) groups is 1. The molecular formula is C18H20F2N6O2S. The molecule has 3 heterocycles. The van der Waals surface area contributed by atoms with Gasteiger partial charge in [-0.15, -0.1) is 11.3 Å². The van der Waals surface area contributed by atoms with Crippen molar-refractivity contribution in [2.45, 2.75) is 44.3 Å². The van der Waals surface area contributed by atoms with Crippen LogP contribution in [-0.4, -0.2) is 42.9 Å². The Morgan fingerprint density at radius 3 is 2.93 bits per heavy atom. The SMILES string of the molecule is Cn1cc(NC(=O)c2csc3ncc(N[C@@H]4CCCC[C@@H]4O)nc23)c(C(F)F)n1. The van der Waals surface area contributed by atoms with Crippen molar-refractivity contribution in [3.05, 3.63) is 29.0 Å². The van der Waals surface area contributed by atoms with Crippen molar-refractivity contribution in [1.82, 2.24) is 19.7 Å². The molecule has 1 fully saturated rings. The second kappa shape index (κ2) is 7.99. The molecule has 0 aliphatic heterocycles. The van der Waals surface area contributed by atoms with Crippen molar-refractivity contribution in [3.63, 3.8) is 0 Å². The van der Waals surface area contributed by atoms with Gasteiger partial charge < -0.3 is 15.7 Å². The van der Waals surface area contributed by atoms with Crippen LogP contribution in [0.5, 0.6) is 0 Å². The number of anilines is 2. The van der Waals surface area contributed by atoms with Gasteiger partial charge in [-0.1, -0.05) is 12.8 Å². The monoisotopic (exact) mass is 422 g/mol. The van der Waals surface area contributed by atoms with Crippen LogP contribution < -0.4 is 10.6 Å². The van der Waals surface area contributed by atoms with Gasteiger partial charge in [-0.25, -0.2) is 18.7 Å². The maximum atomic E-state index is 13.1. The van der Waals surface area contributed by atoms with Crippen molar-refractivity contribution in [1.29, 1.82) is 0 Å². The van der Waals surface area contributed by atoms with E-state index in [2.05, 4.69) is 25.7 Å². The van der Waals surface area contributed by atoms with Crippen LogP contribution in [0.25, 0.3) is 10.3 Å². The number of nitrogens with one attached hydrogen (secondary N) is 2. The number of thiophene rings is 1. The summed E-state index contributed by atoms with van der Waals surface area (Å²) in [4.78, 5) is 22.1. The summed E-state index contributed by atoms with van der Waals surface area (Å²) in [5.74, 6) is -0.0964. The highest BCUT2D eigenvalue weighted by Crippen LogP contribution is 2.29. The third-order valence-corrected chi connectivity index (χ3v) is 5.78. The average molecular weight is 422 g/mol. The van der Waals surface area contributed by atoms with Crippen molar-refractivity contribution in [3.8, 4) is 0 Å². The normalized spacial score (nSPS) is 19.6. The zero-order valence-electron chi connectivity index (χ0n) is 15.6. The number of aryl methyl sites for hydroxylation is 1. The summed E-state index contributed by atoms with van der Waals surface area (Å²) in [5, 5.41) is 21.1. The van der Waals surface area contributed by atoms with E-state index in [0.29, 0.717) is 16.2 Å².